The number of carboxylic acids is 1. The second-order valence-electron chi connectivity index (χ2n) is 7.69. The van der Waals surface area contributed by atoms with Crippen molar-refractivity contribution < 1.29 is 14.3 Å². The van der Waals surface area contributed by atoms with Crippen molar-refractivity contribution in [3.63, 3.8) is 0 Å². The molecule has 7 nitrogen and oxygen atoms in total. The van der Waals surface area contributed by atoms with Gasteiger partial charge in [0.1, 0.15) is 23.0 Å². The quantitative estimate of drug-likeness (QED) is 0.233. The summed E-state index contributed by atoms with van der Waals surface area (Å²) in [6.07, 6.45) is 8.39. The average molecular weight is 458 g/mol. The Labute approximate surface area is 200 Å². The standard InChI is InChI=1S/C28H18N4O3/c29-16-22(28(33)34)13-19-5-6-21-15-27(35-26(21)14-19)20-7-9-23(10-8-20)32(24-3-1-11-30-17-24)25-4-2-12-31-18-25/h1-15,17-18H,(H,33,34). The Kier molecular flexibility index (Phi) is 5.76. The molecular weight excluding hydrogens is 440 g/mol. The lowest BCUT2D eigenvalue weighted by atomic mass is 10.1. The maximum absolute atomic E-state index is 11.1. The number of fused-ring (bicyclic) bond motifs is 1. The zero-order valence-electron chi connectivity index (χ0n) is 18.4. The van der Waals surface area contributed by atoms with Gasteiger partial charge in [0.05, 0.1) is 23.8 Å². The number of benzene rings is 2. The lowest BCUT2D eigenvalue weighted by molar-refractivity contribution is -0.132. The van der Waals surface area contributed by atoms with Gasteiger partial charge < -0.3 is 14.4 Å². The predicted octanol–water partition coefficient (Wildman–Crippen LogP) is 6.35. The van der Waals surface area contributed by atoms with Crippen LogP contribution in [0.2, 0.25) is 0 Å². The van der Waals surface area contributed by atoms with Crippen LogP contribution >= 0.6 is 0 Å². The fourth-order valence-electron chi connectivity index (χ4n) is 3.78. The summed E-state index contributed by atoms with van der Waals surface area (Å²) in [5, 5.41) is 19.0. The summed E-state index contributed by atoms with van der Waals surface area (Å²) in [7, 11) is 0. The summed E-state index contributed by atoms with van der Waals surface area (Å²) in [6, 6.07) is 24.6. The van der Waals surface area contributed by atoms with Gasteiger partial charge in [-0.1, -0.05) is 12.1 Å². The third-order valence-corrected chi connectivity index (χ3v) is 5.42. The van der Waals surface area contributed by atoms with Gasteiger partial charge in [-0.3, -0.25) is 9.97 Å². The Hall–Kier alpha value is -5.22. The summed E-state index contributed by atoms with van der Waals surface area (Å²) < 4.78 is 6.05. The van der Waals surface area contributed by atoms with E-state index in [2.05, 4.69) is 14.9 Å². The van der Waals surface area contributed by atoms with E-state index < -0.39 is 5.97 Å². The molecule has 0 amide bonds. The maximum atomic E-state index is 11.1. The summed E-state index contributed by atoms with van der Waals surface area (Å²) >= 11 is 0. The van der Waals surface area contributed by atoms with Crippen LogP contribution in [0, 0.1) is 11.3 Å². The van der Waals surface area contributed by atoms with E-state index in [9.17, 15) is 4.79 Å². The van der Waals surface area contributed by atoms with E-state index in [0.717, 1.165) is 28.0 Å². The number of nitriles is 1. The van der Waals surface area contributed by atoms with Gasteiger partial charge in [0, 0.05) is 29.0 Å². The number of hydrogen-bond acceptors (Lipinski definition) is 6. The number of aromatic nitrogens is 2. The van der Waals surface area contributed by atoms with E-state index in [-0.39, 0.29) is 5.57 Å². The van der Waals surface area contributed by atoms with Crippen LogP contribution in [-0.4, -0.2) is 21.0 Å². The molecule has 0 spiro atoms. The number of pyridine rings is 2. The molecule has 0 unspecified atom stereocenters. The van der Waals surface area contributed by atoms with E-state index in [1.54, 1.807) is 43.0 Å². The Morgan fingerprint density at radius 1 is 0.914 bits per heavy atom. The molecule has 0 radical (unpaired) electrons. The number of aliphatic carboxylic acids is 1. The first-order valence-corrected chi connectivity index (χ1v) is 10.7. The minimum absolute atomic E-state index is 0.335. The molecule has 0 aliphatic heterocycles. The van der Waals surface area contributed by atoms with Gasteiger partial charge >= 0.3 is 5.97 Å². The molecule has 5 aromatic rings. The predicted molar refractivity (Wildman–Crippen MR) is 133 cm³/mol. The average Bonchev–Trinajstić information content (AvgIpc) is 3.32. The lowest BCUT2D eigenvalue weighted by Gasteiger charge is -2.24. The molecule has 7 heteroatoms. The first-order chi connectivity index (χ1) is 17.1. The molecule has 168 valence electrons. The topological polar surface area (TPSA) is 103 Å². The van der Waals surface area contributed by atoms with Gasteiger partial charge in [-0.2, -0.15) is 5.26 Å². The third-order valence-electron chi connectivity index (χ3n) is 5.42. The molecule has 3 aromatic heterocycles. The zero-order chi connectivity index (χ0) is 24.2. The highest BCUT2D eigenvalue weighted by atomic mass is 16.4. The number of hydrogen-bond donors (Lipinski definition) is 1. The number of furan rings is 1. The monoisotopic (exact) mass is 458 g/mol. The van der Waals surface area contributed by atoms with Crippen molar-refractivity contribution in [2.24, 2.45) is 0 Å². The van der Waals surface area contributed by atoms with Gasteiger partial charge in [-0.25, -0.2) is 4.79 Å². The molecule has 2 aromatic carbocycles. The second-order valence-corrected chi connectivity index (χ2v) is 7.69. The van der Waals surface area contributed by atoms with Crippen LogP contribution in [0.5, 0.6) is 0 Å². The number of carboxylic acid groups (broad SMARTS) is 1. The Bertz CT molecular complexity index is 1530. The van der Waals surface area contributed by atoms with Crippen molar-refractivity contribution >= 4 is 40.1 Å². The molecule has 3 heterocycles. The largest absolute Gasteiger partial charge is 0.477 e. The lowest BCUT2D eigenvalue weighted by Crippen LogP contribution is -2.10. The highest BCUT2D eigenvalue weighted by Crippen LogP contribution is 2.35. The van der Waals surface area contributed by atoms with Gasteiger partial charge in [0.2, 0.25) is 0 Å². The van der Waals surface area contributed by atoms with E-state index in [1.807, 2.05) is 60.7 Å². The fourth-order valence-corrected chi connectivity index (χ4v) is 3.78. The minimum atomic E-state index is -1.26. The summed E-state index contributed by atoms with van der Waals surface area (Å²) in [5.74, 6) is -0.583. The molecule has 35 heavy (non-hydrogen) atoms. The molecule has 5 rings (SSSR count). The Morgan fingerprint density at radius 3 is 2.17 bits per heavy atom. The smallest absolute Gasteiger partial charge is 0.346 e. The van der Waals surface area contributed by atoms with Crippen LogP contribution < -0.4 is 4.90 Å². The zero-order valence-corrected chi connectivity index (χ0v) is 18.4. The SMILES string of the molecule is N#CC(=Cc1ccc2cc(-c3ccc(N(c4cccnc4)c4cccnc4)cc3)oc2c1)C(=O)O. The Balaban J connectivity index is 1.48. The van der Waals surface area contributed by atoms with E-state index >= 15 is 0 Å². The van der Waals surface area contributed by atoms with E-state index in [4.69, 9.17) is 14.8 Å². The molecule has 0 fully saturated rings. The minimum Gasteiger partial charge on any atom is -0.477 e. The van der Waals surface area contributed by atoms with Crippen LogP contribution in [-0.2, 0) is 4.79 Å². The van der Waals surface area contributed by atoms with Crippen molar-refractivity contribution in [2.75, 3.05) is 4.90 Å². The maximum Gasteiger partial charge on any atom is 0.346 e. The highest BCUT2D eigenvalue weighted by Gasteiger charge is 2.14. The normalized spacial score (nSPS) is 11.2. The number of rotatable bonds is 6. The first-order valence-electron chi connectivity index (χ1n) is 10.7. The van der Waals surface area contributed by atoms with Crippen molar-refractivity contribution in [2.45, 2.75) is 0 Å². The van der Waals surface area contributed by atoms with Gasteiger partial charge in [-0.05, 0) is 72.3 Å². The Morgan fingerprint density at radius 2 is 1.60 bits per heavy atom. The van der Waals surface area contributed by atoms with Crippen LogP contribution in [0.25, 0.3) is 28.4 Å². The van der Waals surface area contributed by atoms with Crippen LogP contribution in [0.15, 0.2) is 108 Å². The van der Waals surface area contributed by atoms with Crippen molar-refractivity contribution in [1.82, 2.24) is 9.97 Å². The molecular formula is C28H18N4O3. The number of carbonyl (C=O) groups is 1. The molecule has 0 bridgehead atoms. The van der Waals surface area contributed by atoms with Crippen molar-refractivity contribution in [1.29, 1.82) is 5.26 Å². The summed E-state index contributed by atoms with van der Waals surface area (Å²) in [5.41, 5.74) is 4.51. The van der Waals surface area contributed by atoms with E-state index in [0.29, 0.717) is 16.9 Å². The van der Waals surface area contributed by atoms with Crippen molar-refractivity contribution in [3.05, 3.63) is 109 Å². The van der Waals surface area contributed by atoms with Crippen LogP contribution in [0.3, 0.4) is 0 Å². The van der Waals surface area contributed by atoms with Crippen molar-refractivity contribution in [3.8, 4) is 17.4 Å². The van der Waals surface area contributed by atoms with E-state index in [1.165, 1.54) is 6.08 Å². The number of nitrogens with zero attached hydrogens (tertiary/aromatic N) is 4. The second kappa shape index (κ2) is 9.33. The summed E-state index contributed by atoms with van der Waals surface area (Å²) in [6.45, 7) is 0. The first kappa shape index (κ1) is 21.6. The van der Waals surface area contributed by atoms with Crippen LogP contribution in [0.1, 0.15) is 5.56 Å². The summed E-state index contributed by atoms with van der Waals surface area (Å²) in [4.78, 5) is 21.7. The molecule has 0 saturated carbocycles. The third kappa shape index (κ3) is 4.49. The molecule has 0 saturated heterocycles. The fraction of sp³-hybridized carbons (Fsp3) is 0. The number of anilines is 3. The molecule has 0 aliphatic rings. The van der Waals surface area contributed by atoms with Gasteiger partial charge in [0.15, 0.2) is 0 Å². The van der Waals surface area contributed by atoms with Crippen LogP contribution in [0.4, 0.5) is 17.1 Å². The highest BCUT2D eigenvalue weighted by molar-refractivity contribution is 5.97. The van der Waals surface area contributed by atoms with Gasteiger partial charge in [0.25, 0.3) is 0 Å². The van der Waals surface area contributed by atoms with Gasteiger partial charge in [-0.15, -0.1) is 0 Å². The molecule has 0 aliphatic carbocycles. The molecule has 0 atom stereocenters. The molecule has 1 N–H and O–H groups in total.